The molecule has 0 spiro atoms. The monoisotopic (exact) mass is 218 g/mol. The third-order valence-corrected chi connectivity index (χ3v) is 4.08. The van der Waals surface area contributed by atoms with Crippen molar-refractivity contribution in [2.24, 2.45) is 0 Å². The van der Waals surface area contributed by atoms with E-state index >= 15 is 0 Å². The third-order valence-electron chi connectivity index (χ3n) is 2.34. The van der Waals surface area contributed by atoms with Gasteiger partial charge in [0.15, 0.2) is 5.03 Å². The number of nitrogens with zero attached hydrogens (tertiary/aromatic N) is 2. The van der Waals surface area contributed by atoms with Crippen LogP contribution in [0, 0.1) is 0 Å². The minimum absolute atomic E-state index is 0.110. The van der Waals surface area contributed by atoms with Crippen LogP contribution in [0.2, 0.25) is 0 Å². The van der Waals surface area contributed by atoms with Gasteiger partial charge < -0.3 is 0 Å². The van der Waals surface area contributed by atoms with Gasteiger partial charge in [-0.05, 0) is 24.3 Å². The number of sulfone groups is 1. The Morgan fingerprint density at radius 1 is 1.00 bits per heavy atom. The Balaban J connectivity index is 2.53. The number of aromatic nitrogens is 2. The molecule has 0 saturated heterocycles. The highest BCUT2D eigenvalue weighted by Gasteiger charge is 2.34. The number of hydrogen-bond acceptors (Lipinski definition) is 4. The summed E-state index contributed by atoms with van der Waals surface area (Å²) in [6, 6.07) is 6.60. The van der Waals surface area contributed by atoms with Gasteiger partial charge in [-0.2, -0.15) is 0 Å². The SMILES string of the molecule is O=S1(=O)c2cccnc2-c2cccnc21. The first kappa shape index (κ1) is 8.55. The predicted octanol–water partition coefficient (Wildman–Crippen LogP) is 1.29. The molecule has 3 rings (SSSR count). The standard InChI is InChI=1S/C10H6N2O2S/c13-15(14)8-4-2-5-11-9(8)7-3-1-6-12-10(7)15/h1-6H. The molecular formula is C10H6N2O2S. The maximum Gasteiger partial charge on any atom is 0.226 e. The zero-order valence-corrected chi connectivity index (χ0v) is 8.40. The summed E-state index contributed by atoms with van der Waals surface area (Å²) in [5.41, 5.74) is 1.09. The van der Waals surface area contributed by atoms with Crippen LogP contribution >= 0.6 is 0 Å². The van der Waals surface area contributed by atoms with Gasteiger partial charge in [-0.3, -0.25) is 4.98 Å². The molecule has 1 aliphatic heterocycles. The average molecular weight is 218 g/mol. The van der Waals surface area contributed by atoms with E-state index in [1.54, 1.807) is 30.5 Å². The molecule has 0 aliphatic carbocycles. The van der Waals surface area contributed by atoms with Crippen molar-refractivity contribution < 1.29 is 8.42 Å². The molecule has 4 nitrogen and oxygen atoms in total. The van der Waals surface area contributed by atoms with E-state index in [9.17, 15) is 8.42 Å². The normalized spacial score (nSPS) is 15.7. The van der Waals surface area contributed by atoms with Crippen molar-refractivity contribution in [3.8, 4) is 11.3 Å². The predicted molar refractivity (Wildman–Crippen MR) is 52.9 cm³/mol. The van der Waals surface area contributed by atoms with Crippen molar-refractivity contribution in [1.82, 2.24) is 9.97 Å². The van der Waals surface area contributed by atoms with Gasteiger partial charge in [-0.1, -0.05) is 0 Å². The van der Waals surface area contributed by atoms with E-state index in [1.165, 1.54) is 6.20 Å². The van der Waals surface area contributed by atoms with Crippen molar-refractivity contribution in [1.29, 1.82) is 0 Å². The van der Waals surface area contributed by atoms with E-state index < -0.39 is 9.84 Å². The fraction of sp³-hybridized carbons (Fsp3) is 0. The molecule has 5 heteroatoms. The smallest absolute Gasteiger partial charge is 0.226 e. The Bertz CT molecular complexity index is 598. The minimum atomic E-state index is -3.44. The number of fused-ring (bicyclic) bond motifs is 3. The third kappa shape index (κ3) is 0.979. The molecule has 74 valence electrons. The summed E-state index contributed by atoms with van der Waals surface area (Å²) >= 11 is 0. The van der Waals surface area contributed by atoms with Gasteiger partial charge in [0.25, 0.3) is 0 Å². The lowest BCUT2D eigenvalue weighted by Gasteiger charge is -1.94. The van der Waals surface area contributed by atoms with E-state index in [0.29, 0.717) is 11.3 Å². The molecule has 0 aromatic carbocycles. The minimum Gasteiger partial charge on any atom is -0.255 e. The first-order valence-electron chi connectivity index (χ1n) is 4.37. The van der Waals surface area contributed by atoms with Crippen molar-refractivity contribution >= 4 is 9.84 Å². The maximum atomic E-state index is 12.0. The fourth-order valence-electron chi connectivity index (χ4n) is 1.70. The molecule has 0 fully saturated rings. The van der Waals surface area contributed by atoms with Crippen LogP contribution in [0.1, 0.15) is 0 Å². The van der Waals surface area contributed by atoms with Crippen molar-refractivity contribution in [2.45, 2.75) is 9.92 Å². The Morgan fingerprint density at radius 3 is 2.60 bits per heavy atom. The second-order valence-corrected chi connectivity index (χ2v) is 5.04. The Labute approximate surface area is 86.5 Å². The first-order valence-corrected chi connectivity index (χ1v) is 5.85. The van der Waals surface area contributed by atoms with Gasteiger partial charge >= 0.3 is 0 Å². The number of pyridine rings is 2. The molecule has 0 saturated carbocycles. The molecule has 0 amide bonds. The first-order chi connectivity index (χ1) is 7.21. The topological polar surface area (TPSA) is 59.9 Å². The van der Waals surface area contributed by atoms with E-state index in [2.05, 4.69) is 9.97 Å². The lowest BCUT2D eigenvalue weighted by Crippen LogP contribution is -1.98. The van der Waals surface area contributed by atoms with Crippen LogP contribution in [0.4, 0.5) is 0 Å². The summed E-state index contributed by atoms with van der Waals surface area (Å²) in [7, 11) is -3.44. The zero-order valence-electron chi connectivity index (χ0n) is 7.58. The van der Waals surface area contributed by atoms with Crippen LogP contribution in [0.3, 0.4) is 0 Å². The van der Waals surface area contributed by atoms with Crippen molar-refractivity contribution in [3.63, 3.8) is 0 Å². The van der Waals surface area contributed by atoms with Gasteiger partial charge in [0, 0.05) is 18.0 Å². The van der Waals surface area contributed by atoms with Gasteiger partial charge in [0.2, 0.25) is 9.84 Å². The largest absolute Gasteiger partial charge is 0.255 e. The summed E-state index contributed by atoms with van der Waals surface area (Å²) in [5.74, 6) is 0. The zero-order chi connectivity index (χ0) is 10.5. The Morgan fingerprint density at radius 2 is 1.73 bits per heavy atom. The molecule has 0 bridgehead atoms. The average Bonchev–Trinajstić information content (AvgIpc) is 2.51. The molecule has 2 aromatic rings. The summed E-state index contributed by atoms with van der Waals surface area (Å²) in [6.07, 6.45) is 3.05. The van der Waals surface area contributed by atoms with E-state index in [-0.39, 0.29) is 9.92 Å². The molecule has 0 N–H and O–H groups in total. The van der Waals surface area contributed by atoms with Crippen molar-refractivity contribution in [2.75, 3.05) is 0 Å². The summed E-state index contributed by atoms with van der Waals surface area (Å²) in [5, 5.41) is 0.110. The Hall–Kier alpha value is -1.75. The van der Waals surface area contributed by atoms with E-state index in [1.807, 2.05) is 0 Å². The Kier molecular flexibility index (Phi) is 1.50. The second-order valence-electron chi connectivity index (χ2n) is 3.21. The summed E-state index contributed by atoms with van der Waals surface area (Å²) in [4.78, 5) is 8.22. The van der Waals surface area contributed by atoms with Gasteiger partial charge in [0.1, 0.15) is 0 Å². The van der Waals surface area contributed by atoms with Crippen LogP contribution in [0.5, 0.6) is 0 Å². The van der Waals surface area contributed by atoms with E-state index in [0.717, 1.165) is 0 Å². The fourth-order valence-corrected chi connectivity index (χ4v) is 3.24. The second kappa shape index (κ2) is 2.64. The lowest BCUT2D eigenvalue weighted by molar-refractivity contribution is 0.595. The quantitative estimate of drug-likeness (QED) is 0.570. The summed E-state index contributed by atoms with van der Waals surface area (Å²) in [6.45, 7) is 0. The molecule has 2 aromatic heterocycles. The van der Waals surface area contributed by atoms with Gasteiger partial charge in [-0.15, -0.1) is 0 Å². The van der Waals surface area contributed by atoms with Crippen LogP contribution < -0.4 is 0 Å². The molecule has 0 atom stereocenters. The highest BCUT2D eigenvalue weighted by Crippen LogP contribution is 2.39. The maximum absolute atomic E-state index is 12.0. The molecule has 0 unspecified atom stereocenters. The molecule has 0 radical (unpaired) electrons. The highest BCUT2D eigenvalue weighted by atomic mass is 32.2. The molecule has 3 heterocycles. The molecule has 15 heavy (non-hydrogen) atoms. The number of rotatable bonds is 0. The highest BCUT2D eigenvalue weighted by molar-refractivity contribution is 7.92. The van der Waals surface area contributed by atoms with Crippen LogP contribution in [-0.2, 0) is 9.84 Å². The van der Waals surface area contributed by atoms with Crippen molar-refractivity contribution in [3.05, 3.63) is 36.7 Å². The van der Waals surface area contributed by atoms with E-state index in [4.69, 9.17) is 0 Å². The van der Waals surface area contributed by atoms with Crippen LogP contribution in [0.25, 0.3) is 11.3 Å². The van der Waals surface area contributed by atoms with Gasteiger partial charge in [0.05, 0.1) is 10.6 Å². The lowest BCUT2D eigenvalue weighted by atomic mass is 10.2. The van der Waals surface area contributed by atoms with Gasteiger partial charge in [-0.25, -0.2) is 13.4 Å². The molecular weight excluding hydrogens is 212 g/mol. The number of hydrogen-bond donors (Lipinski definition) is 0. The summed E-state index contributed by atoms with van der Waals surface area (Å²) < 4.78 is 23.9. The van der Waals surface area contributed by atoms with Crippen LogP contribution in [-0.4, -0.2) is 18.4 Å². The molecule has 1 aliphatic rings. The van der Waals surface area contributed by atoms with Crippen LogP contribution in [0.15, 0.2) is 46.6 Å².